The number of H-pyrrole nitrogens is 1. The summed E-state index contributed by atoms with van der Waals surface area (Å²) in [5.41, 5.74) is 6.47. The molecule has 0 radical (unpaired) electrons. The Balaban J connectivity index is 1.91. The predicted molar refractivity (Wildman–Crippen MR) is 68.0 cm³/mol. The molecule has 0 spiro atoms. The van der Waals surface area contributed by atoms with Crippen LogP contribution in [-0.2, 0) is 11.3 Å². The van der Waals surface area contributed by atoms with Crippen molar-refractivity contribution in [3.63, 3.8) is 0 Å². The molecule has 7 heteroatoms. The van der Waals surface area contributed by atoms with E-state index in [1.807, 2.05) is 17.5 Å². The number of aromatic amines is 1. The summed E-state index contributed by atoms with van der Waals surface area (Å²) in [6.45, 7) is 0.288. The first kappa shape index (κ1) is 12.0. The standard InChI is InChI=1S/C10H11N3O2S2/c11-8(7-2-1-3-16-7)9(14)12-4-6-5-17-10(15)13-6/h1-3,5,8H,4,11H2,(H,12,14)(H,13,15). The molecule has 0 saturated heterocycles. The van der Waals surface area contributed by atoms with Crippen molar-refractivity contribution in [2.45, 2.75) is 12.6 Å². The Bertz CT molecular complexity index is 544. The quantitative estimate of drug-likeness (QED) is 0.767. The van der Waals surface area contributed by atoms with Gasteiger partial charge in [0.05, 0.1) is 6.54 Å². The Labute approximate surface area is 105 Å². The van der Waals surface area contributed by atoms with E-state index < -0.39 is 6.04 Å². The second kappa shape index (κ2) is 5.26. The summed E-state index contributed by atoms with van der Waals surface area (Å²) in [6.07, 6.45) is 0. The molecular weight excluding hydrogens is 258 g/mol. The van der Waals surface area contributed by atoms with Gasteiger partial charge in [-0.1, -0.05) is 17.4 Å². The van der Waals surface area contributed by atoms with Crippen LogP contribution in [0.25, 0.3) is 0 Å². The summed E-state index contributed by atoms with van der Waals surface area (Å²) in [4.78, 5) is 25.9. The highest BCUT2D eigenvalue weighted by atomic mass is 32.1. The molecule has 0 bridgehead atoms. The minimum Gasteiger partial charge on any atom is -0.349 e. The van der Waals surface area contributed by atoms with Crippen LogP contribution in [0, 0.1) is 0 Å². The number of nitrogens with two attached hydrogens (primary N) is 1. The lowest BCUT2D eigenvalue weighted by Crippen LogP contribution is -2.33. The third-order valence-corrected chi connectivity index (χ3v) is 3.83. The molecule has 1 unspecified atom stereocenters. The second-order valence-electron chi connectivity index (χ2n) is 3.38. The van der Waals surface area contributed by atoms with Crippen LogP contribution in [-0.4, -0.2) is 10.9 Å². The van der Waals surface area contributed by atoms with E-state index in [1.54, 1.807) is 5.38 Å². The van der Waals surface area contributed by atoms with E-state index in [2.05, 4.69) is 10.3 Å². The van der Waals surface area contributed by atoms with Crippen LogP contribution in [0.1, 0.15) is 16.6 Å². The number of nitrogens with one attached hydrogen (secondary N) is 2. The van der Waals surface area contributed by atoms with Crippen molar-refractivity contribution in [1.29, 1.82) is 0 Å². The zero-order valence-electron chi connectivity index (χ0n) is 8.80. The third-order valence-electron chi connectivity index (χ3n) is 2.16. The maximum atomic E-state index is 11.7. The summed E-state index contributed by atoms with van der Waals surface area (Å²) < 4.78 is 0. The van der Waals surface area contributed by atoms with Crippen LogP contribution in [0.5, 0.6) is 0 Å². The first-order chi connectivity index (χ1) is 8.16. The third kappa shape index (κ3) is 3.02. The van der Waals surface area contributed by atoms with E-state index >= 15 is 0 Å². The zero-order valence-corrected chi connectivity index (χ0v) is 10.4. The van der Waals surface area contributed by atoms with Gasteiger partial charge in [-0.15, -0.1) is 11.3 Å². The van der Waals surface area contributed by atoms with E-state index in [0.29, 0.717) is 5.69 Å². The largest absolute Gasteiger partial charge is 0.349 e. The molecule has 0 aliphatic carbocycles. The number of hydrogen-bond acceptors (Lipinski definition) is 5. The Morgan fingerprint density at radius 3 is 2.94 bits per heavy atom. The van der Waals surface area contributed by atoms with E-state index in [4.69, 9.17) is 5.73 Å². The Hall–Kier alpha value is -1.44. The molecule has 90 valence electrons. The van der Waals surface area contributed by atoms with Crippen molar-refractivity contribution >= 4 is 28.6 Å². The highest BCUT2D eigenvalue weighted by Gasteiger charge is 2.16. The van der Waals surface area contributed by atoms with Crippen molar-refractivity contribution in [1.82, 2.24) is 10.3 Å². The van der Waals surface area contributed by atoms with Crippen molar-refractivity contribution < 1.29 is 4.79 Å². The lowest BCUT2D eigenvalue weighted by molar-refractivity contribution is -0.122. The number of thiazole rings is 1. The fraction of sp³-hybridized carbons (Fsp3) is 0.200. The minimum absolute atomic E-state index is 0.128. The van der Waals surface area contributed by atoms with Crippen LogP contribution in [0.3, 0.4) is 0 Å². The van der Waals surface area contributed by atoms with Crippen LogP contribution >= 0.6 is 22.7 Å². The Kier molecular flexibility index (Phi) is 3.72. The maximum Gasteiger partial charge on any atom is 0.304 e. The molecular formula is C10H11N3O2S2. The lowest BCUT2D eigenvalue weighted by Gasteiger charge is -2.09. The van der Waals surface area contributed by atoms with E-state index in [-0.39, 0.29) is 17.3 Å². The first-order valence-corrected chi connectivity index (χ1v) is 6.66. The number of thiophene rings is 1. The Morgan fingerprint density at radius 2 is 2.35 bits per heavy atom. The second-order valence-corrected chi connectivity index (χ2v) is 5.21. The molecule has 0 aliphatic heterocycles. The highest BCUT2D eigenvalue weighted by Crippen LogP contribution is 2.16. The number of hydrogen-bond donors (Lipinski definition) is 3. The van der Waals surface area contributed by atoms with Gasteiger partial charge >= 0.3 is 4.87 Å². The fourth-order valence-electron chi connectivity index (χ4n) is 1.29. The SMILES string of the molecule is NC(C(=O)NCc1csc(=O)[nH]1)c1cccs1. The number of aromatic nitrogens is 1. The van der Waals surface area contributed by atoms with Gasteiger partial charge in [-0.3, -0.25) is 9.59 Å². The molecule has 5 nitrogen and oxygen atoms in total. The molecule has 1 atom stereocenters. The summed E-state index contributed by atoms with van der Waals surface area (Å²) in [6, 6.07) is 3.02. The number of rotatable bonds is 4. The number of carbonyl (C=O) groups is 1. The lowest BCUT2D eigenvalue weighted by atomic mass is 10.2. The average molecular weight is 269 g/mol. The van der Waals surface area contributed by atoms with Crippen molar-refractivity contribution in [3.05, 3.63) is 43.1 Å². The van der Waals surface area contributed by atoms with Gasteiger partial charge in [-0.25, -0.2) is 0 Å². The molecule has 2 aromatic heterocycles. The molecule has 17 heavy (non-hydrogen) atoms. The molecule has 4 N–H and O–H groups in total. The molecule has 0 aromatic carbocycles. The summed E-state index contributed by atoms with van der Waals surface area (Å²) >= 11 is 2.51. The molecule has 0 fully saturated rings. The normalized spacial score (nSPS) is 12.3. The monoisotopic (exact) mass is 269 g/mol. The van der Waals surface area contributed by atoms with Gasteiger partial charge < -0.3 is 16.0 Å². The van der Waals surface area contributed by atoms with E-state index in [1.165, 1.54) is 11.3 Å². The van der Waals surface area contributed by atoms with Crippen molar-refractivity contribution in [2.24, 2.45) is 5.73 Å². The molecule has 0 saturated carbocycles. The van der Waals surface area contributed by atoms with Crippen LogP contribution in [0.15, 0.2) is 27.7 Å². The molecule has 0 aliphatic rings. The molecule has 2 aromatic rings. The summed E-state index contributed by atoms with van der Waals surface area (Å²) in [5, 5.41) is 6.23. The average Bonchev–Trinajstić information content (AvgIpc) is 2.95. The fourth-order valence-corrected chi connectivity index (χ4v) is 2.60. The van der Waals surface area contributed by atoms with Gasteiger partial charge in [-0.2, -0.15) is 0 Å². The number of amides is 1. The van der Waals surface area contributed by atoms with E-state index in [0.717, 1.165) is 16.2 Å². The molecule has 1 amide bonds. The zero-order chi connectivity index (χ0) is 12.3. The predicted octanol–water partition coefficient (Wildman–Crippen LogP) is 0.814. The summed E-state index contributed by atoms with van der Waals surface area (Å²) in [5.74, 6) is -0.250. The minimum atomic E-state index is -0.652. The Morgan fingerprint density at radius 1 is 1.53 bits per heavy atom. The van der Waals surface area contributed by atoms with Gasteiger partial charge in [0.25, 0.3) is 0 Å². The van der Waals surface area contributed by atoms with Gasteiger partial charge in [0, 0.05) is 16.0 Å². The van der Waals surface area contributed by atoms with Gasteiger partial charge in [0.1, 0.15) is 6.04 Å². The van der Waals surface area contributed by atoms with E-state index in [9.17, 15) is 9.59 Å². The first-order valence-electron chi connectivity index (χ1n) is 4.90. The van der Waals surface area contributed by atoms with Crippen molar-refractivity contribution in [2.75, 3.05) is 0 Å². The smallest absolute Gasteiger partial charge is 0.304 e. The van der Waals surface area contributed by atoms with Crippen LogP contribution < -0.4 is 15.9 Å². The van der Waals surface area contributed by atoms with Crippen LogP contribution in [0.4, 0.5) is 0 Å². The van der Waals surface area contributed by atoms with Crippen LogP contribution in [0.2, 0.25) is 0 Å². The van der Waals surface area contributed by atoms with Gasteiger partial charge in [-0.05, 0) is 11.4 Å². The van der Waals surface area contributed by atoms with Gasteiger partial charge in [0.15, 0.2) is 0 Å². The number of carbonyl (C=O) groups excluding carboxylic acids is 1. The molecule has 2 rings (SSSR count). The topological polar surface area (TPSA) is 88.0 Å². The highest BCUT2D eigenvalue weighted by molar-refractivity contribution is 7.10. The van der Waals surface area contributed by atoms with Gasteiger partial charge in [0.2, 0.25) is 5.91 Å². The molecule has 2 heterocycles. The summed E-state index contributed by atoms with van der Waals surface area (Å²) in [7, 11) is 0. The maximum absolute atomic E-state index is 11.7. The van der Waals surface area contributed by atoms with Crippen molar-refractivity contribution in [3.8, 4) is 0 Å².